The standard InChI is InChI=1S/C20H18FNO2/c1-11-5-10-16(20(23)24)17-14-3-2-4-15(14)19(22-18(11)17)12-6-8-13(21)9-7-12/h2-3,5-10,14-15,19,22H,4H2,1H3,(H,23,24)/t14-,15-,19-/m1/s1. The van der Waals surface area contributed by atoms with Crippen LogP contribution in [0.25, 0.3) is 0 Å². The molecule has 0 aromatic heterocycles. The lowest BCUT2D eigenvalue weighted by atomic mass is 9.75. The highest BCUT2D eigenvalue weighted by atomic mass is 19.1. The highest BCUT2D eigenvalue weighted by Crippen LogP contribution is 2.51. The third-order valence-electron chi connectivity index (χ3n) is 5.19. The molecule has 0 saturated carbocycles. The van der Waals surface area contributed by atoms with E-state index in [1.165, 1.54) is 12.1 Å². The predicted molar refractivity (Wildman–Crippen MR) is 90.9 cm³/mol. The van der Waals surface area contributed by atoms with Crippen molar-refractivity contribution in [3.05, 3.63) is 76.6 Å². The average Bonchev–Trinajstić information content (AvgIpc) is 3.05. The number of rotatable bonds is 2. The monoisotopic (exact) mass is 323 g/mol. The van der Waals surface area contributed by atoms with Crippen LogP contribution in [0.15, 0.2) is 48.6 Å². The Morgan fingerprint density at radius 1 is 1.21 bits per heavy atom. The third kappa shape index (κ3) is 2.21. The maximum absolute atomic E-state index is 13.3. The molecule has 0 unspecified atom stereocenters. The molecule has 0 bridgehead atoms. The molecule has 0 fully saturated rings. The molecular formula is C20H18FNO2. The Bertz CT molecular complexity index is 841. The number of benzene rings is 2. The van der Waals surface area contributed by atoms with Crippen LogP contribution in [-0.2, 0) is 0 Å². The number of carboxylic acids is 1. The highest BCUT2D eigenvalue weighted by Gasteiger charge is 2.40. The summed E-state index contributed by atoms with van der Waals surface area (Å²) in [5.41, 5.74) is 4.19. The van der Waals surface area contributed by atoms with Crippen LogP contribution >= 0.6 is 0 Å². The van der Waals surface area contributed by atoms with Crippen molar-refractivity contribution in [2.75, 3.05) is 5.32 Å². The van der Waals surface area contributed by atoms with Gasteiger partial charge in [-0.3, -0.25) is 0 Å². The van der Waals surface area contributed by atoms with E-state index in [-0.39, 0.29) is 23.7 Å². The number of aromatic carboxylic acids is 1. The lowest BCUT2D eigenvalue weighted by Crippen LogP contribution is -2.31. The fourth-order valence-electron chi connectivity index (χ4n) is 4.04. The minimum atomic E-state index is -0.896. The zero-order chi connectivity index (χ0) is 16.8. The second-order valence-corrected chi connectivity index (χ2v) is 6.55. The number of fused-ring (bicyclic) bond motifs is 3. The molecule has 0 radical (unpaired) electrons. The molecule has 2 aromatic rings. The van der Waals surface area contributed by atoms with Gasteiger partial charge in [-0.1, -0.05) is 30.4 Å². The number of carbonyl (C=O) groups is 1. The van der Waals surface area contributed by atoms with Crippen LogP contribution in [-0.4, -0.2) is 11.1 Å². The lowest BCUT2D eigenvalue weighted by molar-refractivity contribution is 0.0695. The molecule has 1 heterocycles. The van der Waals surface area contributed by atoms with Crippen molar-refractivity contribution in [1.29, 1.82) is 0 Å². The molecule has 3 nitrogen and oxygen atoms in total. The normalized spacial score (nSPS) is 24.2. The molecule has 2 aliphatic rings. The molecule has 0 amide bonds. The Morgan fingerprint density at radius 2 is 1.96 bits per heavy atom. The molecule has 122 valence electrons. The first-order valence-corrected chi connectivity index (χ1v) is 8.11. The van der Waals surface area contributed by atoms with Gasteiger partial charge in [0, 0.05) is 11.6 Å². The first kappa shape index (κ1) is 14.9. The van der Waals surface area contributed by atoms with Gasteiger partial charge in [-0.05, 0) is 54.2 Å². The first-order chi connectivity index (χ1) is 11.6. The van der Waals surface area contributed by atoms with Crippen LogP contribution in [0, 0.1) is 18.7 Å². The summed E-state index contributed by atoms with van der Waals surface area (Å²) in [6.45, 7) is 1.98. The Labute approximate surface area is 139 Å². The number of nitrogens with one attached hydrogen (secondary N) is 1. The number of aryl methyl sites for hydroxylation is 1. The van der Waals surface area contributed by atoms with Crippen LogP contribution in [0.5, 0.6) is 0 Å². The van der Waals surface area contributed by atoms with Crippen LogP contribution in [0.4, 0.5) is 10.1 Å². The van der Waals surface area contributed by atoms with Gasteiger partial charge < -0.3 is 10.4 Å². The Kier molecular flexibility index (Phi) is 3.41. The van der Waals surface area contributed by atoms with Crippen molar-refractivity contribution in [3.8, 4) is 0 Å². The van der Waals surface area contributed by atoms with Crippen molar-refractivity contribution < 1.29 is 14.3 Å². The SMILES string of the molecule is Cc1ccc(C(=O)O)c2c1N[C@H](c1ccc(F)cc1)[C@@H]1CC=C[C@@H]21. The summed E-state index contributed by atoms with van der Waals surface area (Å²) in [7, 11) is 0. The Hall–Kier alpha value is -2.62. The second-order valence-electron chi connectivity index (χ2n) is 6.55. The molecule has 24 heavy (non-hydrogen) atoms. The number of allylic oxidation sites excluding steroid dienone is 2. The van der Waals surface area contributed by atoms with Gasteiger partial charge in [-0.2, -0.15) is 0 Å². The molecule has 4 rings (SSSR count). The smallest absolute Gasteiger partial charge is 0.336 e. The summed E-state index contributed by atoms with van der Waals surface area (Å²) in [6, 6.07) is 10.2. The average molecular weight is 323 g/mol. The maximum Gasteiger partial charge on any atom is 0.336 e. The van der Waals surface area contributed by atoms with Crippen molar-refractivity contribution >= 4 is 11.7 Å². The second kappa shape index (κ2) is 5.48. The van der Waals surface area contributed by atoms with E-state index in [1.54, 1.807) is 6.07 Å². The van der Waals surface area contributed by atoms with Crippen LogP contribution in [0.2, 0.25) is 0 Å². The summed E-state index contributed by atoms with van der Waals surface area (Å²) in [4.78, 5) is 11.7. The van der Waals surface area contributed by atoms with E-state index < -0.39 is 5.97 Å². The van der Waals surface area contributed by atoms with Gasteiger partial charge in [0.1, 0.15) is 5.82 Å². The van der Waals surface area contributed by atoms with Gasteiger partial charge in [0.15, 0.2) is 0 Å². The summed E-state index contributed by atoms with van der Waals surface area (Å²) in [6.07, 6.45) is 5.12. The van der Waals surface area contributed by atoms with E-state index in [0.29, 0.717) is 5.56 Å². The van der Waals surface area contributed by atoms with Crippen LogP contribution in [0.1, 0.15) is 45.4 Å². The molecular weight excluding hydrogens is 305 g/mol. The number of hydrogen-bond acceptors (Lipinski definition) is 2. The molecule has 0 spiro atoms. The number of carboxylic acid groups (broad SMARTS) is 1. The number of halogens is 1. The van der Waals surface area contributed by atoms with E-state index in [2.05, 4.69) is 17.5 Å². The van der Waals surface area contributed by atoms with E-state index >= 15 is 0 Å². The molecule has 4 heteroatoms. The molecule has 0 saturated heterocycles. The van der Waals surface area contributed by atoms with Crippen LogP contribution < -0.4 is 5.32 Å². The Morgan fingerprint density at radius 3 is 2.67 bits per heavy atom. The summed E-state index contributed by atoms with van der Waals surface area (Å²) < 4.78 is 13.3. The Balaban J connectivity index is 1.86. The lowest BCUT2D eigenvalue weighted by Gasteiger charge is -2.39. The number of anilines is 1. The minimum absolute atomic E-state index is 0.0424. The van der Waals surface area contributed by atoms with Gasteiger partial charge in [0.25, 0.3) is 0 Å². The van der Waals surface area contributed by atoms with Crippen molar-refractivity contribution in [2.45, 2.75) is 25.3 Å². The van der Waals surface area contributed by atoms with E-state index in [4.69, 9.17) is 0 Å². The van der Waals surface area contributed by atoms with E-state index in [9.17, 15) is 14.3 Å². The zero-order valence-corrected chi connectivity index (χ0v) is 13.3. The third-order valence-corrected chi connectivity index (χ3v) is 5.19. The summed E-state index contributed by atoms with van der Waals surface area (Å²) >= 11 is 0. The van der Waals surface area contributed by atoms with Crippen molar-refractivity contribution in [2.24, 2.45) is 5.92 Å². The molecule has 3 atom stereocenters. The molecule has 2 aromatic carbocycles. The highest BCUT2D eigenvalue weighted by molar-refractivity contribution is 5.93. The number of hydrogen-bond donors (Lipinski definition) is 2. The topological polar surface area (TPSA) is 49.3 Å². The van der Waals surface area contributed by atoms with Gasteiger partial charge in [0.05, 0.1) is 11.6 Å². The fourth-order valence-corrected chi connectivity index (χ4v) is 4.04. The largest absolute Gasteiger partial charge is 0.478 e. The molecule has 1 aliphatic carbocycles. The zero-order valence-electron chi connectivity index (χ0n) is 13.3. The van der Waals surface area contributed by atoms with E-state index in [1.807, 2.05) is 25.1 Å². The molecule has 2 N–H and O–H groups in total. The fraction of sp³-hybridized carbons (Fsp3) is 0.250. The summed E-state index contributed by atoms with van der Waals surface area (Å²) in [5.74, 6) is -0.835. The quantitative estimate of drug-likeness (QED) is 0.790. The van der Waals surface area contributed by atoms with Crippen LogP contribution in [0.3, 0.4) is 0 Å². The van der Waals surface area contributed by atoms with Gasteiger partial charge >= 0.3 is 5.97 Å². The first-order valence-electron chi connectivity index (χ1n) is 8.11. The summed E-state index contributed by atoms with van der Waals surface area (Å²) in [5, 5.41) is 13.1. The maximum atomic E-state index is 13.3. The van der Waals surface area contributed by atoms with Gasteiger partial charge in [-0.15, -0.1) is 0 Å². The van der Waals surface area contributed by atoms with Gasteiger partial charge in [-0.25, -0.2) is 9.18 Å². The molecule has 1 aliphatic heterocycles. The minimum Gasteiger partial charge on any atom is -0.478 e. The van der Waals surface area contributed by atoms with Crippen molar-refractivity contribution in [3.63, 3.8) is 0 Å². The predicted octanol–water partition coefficient (Wildman–Crippen LogP) is 4.66. The van der Waals surface area contributed by atoms with Crippen molar-refractivity contribution in [1.82, 2.24) is 0 Å². The van der Waals surface area contributed by atoms with E-state index in [0.717, 1.165) is 28.8 Å². The van der Waals surface area contributed by atoms with Gasteiger partial charge in [0.2, 0.25) is 0 Å².